The number of amides is 1. The molecule has 9 heteroatoms. The third-order valence-electron chi connectivity index (χ3n) is 5.98. The summed E-state index contributed by atoms with van der Waals surface area (Å²) < 4.78 is 0. The molecule has 1 aromatic carbocycles. The number of anilines is 2. The van der Waals surface area contributed by atoms with Crippen molar-refractivity contribution in [2.24, 2.45) is 4.99 Å². The second kappa shape index (κ2) is 12.3. The van der Waals surface area contributed by atoms with Crippen LogP contribution in [0.4, 0.5) is 10.7 Å². The van der Waals surface area contributed by atoms with Crippen molar-refractivity contribution in [2.45, 2.75) is 6.42 Å². The zero-order valence-corrected chi connectivity index (χ0v) is 21.8. The fraction of sp³-hybridized carbons (Fsp3) is 0.478. The normalized spacial score (nSPS) is 17.2. The average Bonchev–Trinajstić information content (AvgIpc) is 3.38. The molecule has 3 heterocycles. The minimum Gasteiger partial charge on any atom is -0.368 e. The van der Waals surface area contributed by atoms with Gasteiger partial charge in [0.05, 0.1) is 5.00 Å². The molecule has 0 aliphatic carbocycles. The molecule has 0 spiro atoms. The van der Waals surface area contributed by atoms with E-state index in [1.165, 1.54) is 10.7 Å². The van der Waals surface area contributed by atoms with E-state index in [4.69, 9.17) is 0 Å². The number of aliphatic imine (C=N–C) groups is 1. The zero-order chi connectivity index (χ0) is 21.5. The Bertz CT molecular complexity index is 847. The molecular formula is C23H33IN6OS. The number of nitrogens with one attached hydrogen (secondary N) is 1. The summed E-state index contributed by atoms with van der Waals surface area (Å²) in [6.45, 7) is 7.83. The summed E-state index contributed by atoms with van der Waals surface area (Å²) in [5, 5.41) is 6.86. The molecule has 1 amide bonds. The molecule has 2 aliphatic heterocycles. The van der Waals surface area contributed by atoms with E-state index >= 15 is 0 Å². The molecule has 0 atom stereocenters. The number of rotatable bonds is 5. The molecule has 32 heavy (non-hydrogen) atoms. The highest BCUT2D eigenvalue weighted by Crippen LogP contribution is 2.22. The van der Waals surface area contributed by atoms with Gasteiger partial charge in [-0.15, -0.1) is 35.3 Å². The lowest BCUT2D eigenvalue weighted by Gasteiger charge is -2.37. The van der Waals surface area contributed by atoms with Crippen molar-refractivity contribution in [2.75, 3.05) is 75.8 Å². The SMILES string of the molecule is CN=C(NCCC(=O)N1CCN(c2ccccc2)CC1)N1CCN(c2cccs2)CC1.I. The number of halogens is 1. The predicted molar refractivity (Wildman–Crippen MR) is 145 cm³/mol. The average molecular weight is 569 g/mol. The lowest BCUT2D eigenvalue weighted by molar-refractivity contribution is -0.131. The first-order valence-electron chi connectivity index (χ1n) is 11.1. The molecule has 0 saturated carbocycles. The number of guanidine groups is 1. The number of carbonyl (C=O) groups is 1. The summed E-state index contributed by atoms with van der Waals surface area (Å²) in [6.07, 6.45) is 0.500. The molecule has 2 saturated heterocycles. The van der Waals surface area contributed by atoms with Gasteiger partial charge in [0.25, 0.3) is 0 Å². The van der Waals surface area contributed by atoms with E-state index in [9.17, 15) is 4.79 Å². The van der Waals surface area contributed by atoms with Crippen LogP contribution < -0.4 is 15.1 Å². The van der Waals surface area contributed by atoms with Crippen molar-refractivity contribution < 1.29 is 4.79 Å². The monoisotopic (exact) mass is 568 g/mol. The highest BCUT2D eigenvalue weighted by atomic mass is 127. The predicted octanol–water partition coefficient (Wildman–Crippen LogP) is 2.80. The molecule has 174 valence electrons. The van der Waals surface area contributed by atoms with Gasteiger partial charge >= 0.3 is 0 Å². The van der Waals surface area contributed by atoms with Crippen LogP contribution in [-0.4, -0.2) is 87.6 Å². The lowest BCUT2D eigenvalue weighted by Crippen LogP contribution is -2.53. The van der Waals surface area contributed by atoms with Crippen molar-refractivity contribution in [3.8, 4) is 0 Å². The summed E-state index contributed by atoms with van der Waals surface area (Å²) in [5.41, 5.74) is 1.24. The Kier molecular flexibility index (Phi) is 9.46. The number of para-hydroxylation sites is 1. The standard InChI is InChI=1S/C23H32N6OS.HI/c1-24-23(29-17-15-28(16-18-29)22-8-5-19-31-22)25-10-9-21(30)27-13-11-26(12-14-27)20-6-3-2-4-7-20;/h2-8,19H,9-18H2,1H3,(H,24,25);1H. The molecule has 2 fully saturated rings. The molecular weight excluding hydrogens is 535 g/mol. The van der Waals surface area contributed by atoms with Crippen molar-refractivity contribution in [1.82, 2.24) is 15.1 Å². The Balaban J connectivity index is 0.00000289. The maximum atomic E-state index is 12.7. The van der Waals surface area contributed by atoms with Crippen LogP contribution in [0.15, 0.2) is 52.8 Å². The third-order valence-corrected chi connectivity index (χ3v) is 6.91. The maximum absolute atomic E-state index is 12.7. The number of hydrogen-bond acceptors (Lipinski definition) is 5. The van der Waals surface area contributed by atoms with Crippen LogP contribution in [0.3, 0.4) is 0 Å². The first kappa shape index (κ1) is 24.6. The van der Waals surface area contributed by atoms with Gasteiger partial charge in [0, 0.05) is 78.1 Å². The van der Waals surface area contributed by atoms with E-state index < -0.39 is 0 Å². The van der Waals surface area contributed by atoms with E-state index in [1.54, 1.807) is 11.3 Å². The smallest absolute Gasteiger partial charge is 0.224 e. The molecule has 0 bridgehead atoms. The summed E-state index contributed by atoms with van der Waals surface area (Å²) in [7, 11) is 1.82. The molecule has 0 unspecified atom stereocenters. The van der Waals surface area contributed by atoms with E-state index in [-0.39, 0.29) is 29.9 Å². The minimum atomic E-state index is 0. The number of nitrogens with zero attached hydrogens (tertiary/aromatic N) is 5. The van der Waals surface area contributed by atoms with Crippen LogP contribution in [0.1, 0.15) is 6.42 Å². The van der Waals surface area contributed by atoms with Crippen molar-refractivity contribution in [3.63, 3.8) is 0 Å². The Morgan fingerprint density at radius 3 is 2.19 bits per heavy atom. The lowest BCUT2D eigenvalue weighted by atomic mass is 10.2. The van der Waals surface area contributed by atoms with E-state index in [0.717, 1.165) is 58.3 Å². The Morgan fingerprint density at radius 2 is 1.56 bits per heavy atom. The minimum absolute atomic E-state index is 0. The van der Waals surface area contributed by atoms with Crippen LogP contribution >= 0.6 is 35.3 Å². The van der Waals surface area contributed by atoms with Crippen LogP contribution in [0, 0.1) is 0 Å². The van der Waals surface area contributed by atoms with E-state index in [1.807, 2.05) is 18.0 Å². The fourth-order valence-electron chi connectivity index (χ4n) is 4.21. The van der Waals surface area contributed by atoms with Crippen LogP contribution in [-0.2, 0) is 4.79 Å². The Hall–Kier alpha value is -2.01. The van der Waals surface area contributed by atoms with Gasteiger partial charge < -0.3 is 24.9 Å². The molecule has 0 radical (unpaired) electrons. The van der Waals surface area contributed by atoms with E-state index in [0.29, 0.717) is 13.0 Å². The highest BCUT2D eigenvalue weighted by Gasteiger charge is 2.22. The molecule has 1 N–H and O–H groups in total. The van der Waals surface area contributed by atoms with Gasteiger partial charge in [0.2, 0.25) is 5.91 Å². The quantitative estimate of drug-likeness (QED) is 0.342. The molecule has 4 rings (SSSR count). The molecule has 2 aliphatic rings. The number of carbonyl (C=O) groups excluding carboxylic acids is 1. The maximum Gasteiger partial charge on any atom is 0.224 e. The summed E-state index contributed by atoms with van der Waals surface area (Å²) in [5.74, 6) is 1.12. The Labute approximate surface area is 212 Å². The van der Waals surface area contributed by atoms with Crippen molar-refractivity contribution in [1.29, 1.82) is 0 Å². The largest absolute Gasteiger partial charge is 0.368 e. The first-order valence-corrected chi connectivity index (χ1v) is 11.9. The van der Waals surface area contributed by atoms with E-state index in [2.05, 4.69) is 66.8 Å². The van der Waals surface area contributed by atoms with Gasteiger partial charge in [0.15, 0.2) is 5.96 Å². The van der Waals surface area contributed by atoms with Gasteiger partial charge in [-0.25, -0.2) is 0 Å². The van der Waals surface area contributed by atoms with Gasteiger partial charge in [-0.2, -0.15) is 0 Å². The van der Waals surface area contributed by atoms with Crippen LogP contribution in [0.25, 0.3) is 0 Å². The summed E-state index contributed by atoms with van der Waals surface area (Å²) in [6, 6.07) is 14.7. The summed E-state index contributed by atoms with van der Waals surface area (Å²) >= 11 is 1.79. The Morgan fingerprint density at radius 1 is 0.906 bits per heavy atom. The zero-order valence-electron chi connectivity index (χ0n) is 18.7. The topological polar surface area (TPSA) is 54.4 Å². The van der Waals surface area contributed by atoms with Gasteiger partial charge in [0.1, 0.15) is 0 Å². The second-order valence-electron chi connectivity index (χ2n) is 7.85. The third kappa shape index (κ3) is 6.28. The van der Waals surface area contributed by atoms with Crippen LogP contribution in [0.5, 0.6) is 0 Å². The molecule has 1 aromatic heterocycles. The van der Waals surface area contributed by atoms with Gasteiger partial charge in [-0.05, 0) is 29.6 Å². The number of benzene rings is 1. The highest BCUT2D eigenvalue weighted by molar-refractivity contribution is 14.0. The number of hydrogen-bond donors (Lipinski definition) is 1. The van der Waals surface area contributed by atoms with Crippen LogP contribution in [0.2, 0.25) is 0 Å². The van der Waals surface area contributed by atoms with Gasteiger partial charge in [-0.1, -0.05) is 18.2 Å². The fourth-order valence-corrected chi connectivity index (χ4v) is 5.00. The van der Waals surface area contributed by atoms with Gasteiger partial charge in [-0.3, -0.25) is 9.79 Å². The molecule has 7 nitrogen and oxygen atoms in total. The second-order valence-corrected chi connectivity index (χ2v) is 8.78. The number of thiophene rings is 1. The summed E-state index contributed by atoms with van der Waals surface area (Å²) in [4.78, 5) is 26.2. The molecule has 2 aromatic rings. The van der Waals surface area contributed by atoms with Crippen molar-refractivity contribution >= 4 is 57.9 Å². The number of piperazine rings is 2. The first-order chi connectivity index (χ1) is 15.2. The van der Waals surface area contributed by atoms with Crippen molar-refractivity contribution in [3.05, 3.63) is 47.8 Å².